The number of aryl methyl sites for hydroxylation is 1. The van der Waals surface area contributed by atoms with E-state index in [1.807, 2.05) is 12.1 Å². The fourth-order valence-electron chi connectivity index (χ4n) is 4.11. The lowest BCUT2D eigenvalue weighted by molar-refractivity contribution is 0.234. The summed E-state index contributed by atoms with van der Waals surface area (Å²) in [5.41, 5.74) is 5.77. The molecule has 1 saturated heterocycles. The number of pyridine rings is 1. The Labute approximate surface area is 167 Å². The van der Waals surface area contributed by atoms with Crippen LogP contribution in [0.2, 0.25) is 0 Å². The van der Waals surface area contributed by atoms with Crippen molar-refractivity contribution >= 4 is 10.9 Å². The van der Waals surface area contributed by atoms with Crippen LogP contribution in [0.15, 0.2) is 48.5 Å². The van der Waals surface area contributed by atoms with Crippen molar-refractivity contribution in [3.63, 3.8) is 0 Å². The largest absolute Gasteiger partial charge is 0.497 e. The van der Waals surface area contributed by atoms with E-state index in [0.29, 0.717) is 6.04 Å². The Morgan fingerprint density at radius 1 is 1.14 bits per heavy atom. The summed E-state index contributed by atoms with van der Waals surface area (Å²) in [5.74, 6) is 0.869. The number of likely N-dealkylation sites (tertiary alicyclic amines) is 1. The first-order valence-electron chi connectivity index (χ1n) is 9.97. The van der Waals surface area contributed by atoms with Crippen LogP contribution in [0.1, 0.15) is 17.5 Å². The highest BCUT2D eigenvalue weighted by atomic mass is 16.5. The summed E-state index contributed by atoms with van der Waals surface area (Å²) >= 11 is 0. The number of benzene rings is 2. The van der Waals surface area contributed by atoms with Gasteiger partial charge in [-0.3, -0.25) is 4.90 Å². The monoisotopic (exact) mass is 375 g/mol. The summed E-state index contributed by atoms with van der Waals surface area (Å²) in [6.07, 6.45) is 1.23. The Morgan fingerprint density at radius 2 is 1.93 bits per heavy atom. The van der Waals surface area contributed by atoms with Gasteiger partial charge in [0, 0.05) is 30.1 Å². The van der Waals surface area contributed by atoms with Gasteiger partial charge in [-0.2, -0.15) is 0 Å². The van der Waals surface area contributed by atoms with E-state index < -0.39 is 0 Å². The summed E-state index contributed by atoms with van der Waals surface area (Å²) < 4.78 is 5.33. The maximum Gasteiger partial charge on any atom is 0.118 e. The van der Waals surface area contributed by atoms with Crippen molar-refractivity contribution in [1.29, 1.82) is 0 Å². The average Bonchev–Trinajstić information content (AvgIpc) is 3.14. The second-order valence-corrected chi connectivity index (χ2v) is 8.04. The molecule has 4 nitrogen and oxygen atoms in total. The Kier molecular flexibility index (Phi) is 5.33. The highest BCUT2D eigenvalue weighted by molar-refractivity contribution is 5.84. The van der Waals surface area contributed by atoms with Crippen LogP contribution in [0.4, 0.5) is 0 Å². The molecule has 1 aromatic heterocycles. The van der Waals surface area contributed by atoms with Crippen molar-refractivity contribution in [2.45, 2.75) is 25.9 Å². The summed E-state index contributed by atoms with van der Waals surface area (Å²) in [7, 11) is 6.14. The molecule has 4 heteroatoms. The number of nitrogens with zero attached hydrogens (tertiary/aromatic N) is 3. The van der Waals surface area contributed by atoms with Crippen LogP contribution < -0.4 is 4.74 Å². The van der Waals surface area contributed by atoms with Gasteiger partial charge in [0.25, 0.3) is 0 Å². The summed E-state index contributed by atoms with van der Waals surface area (Å²) in [6.45, 7) is 5.33. The summed E-state index contributed by atoms with van der Waals surface area (Å²) in [4.78, 5) is 9.97. The lowest BCUT2D eigenvalue weighted by Gasteiger charge is -2.25. The molecule has 2 heterocycles. The van der Waals surface area contributed by atoms with E-state index in [1.165, 1.54) is 29.5 Å². The van der Waals surface area contributed by atoms with Crippen LogP contribution in [0.25, 0.3) is 22.2 Å². The highest BCUT2D eigenvalue weighted by Gasteiger charge is 2.24. The van der Waals surface area contributed by atoms with Gasteiger partial charge in [-0.15, -0.1) is 0 Å². The molecule has 0 amide bonds. The molecule has 0 spiro atoms. The van der Waals surface area contributed by atoms with E-state index in [2.05, 4.69) is 67.2 Å². The van der Waals surface area contributed by atoms with Gasteiger partial charge in [-0.25, -0.2) is 4.98 Å². The zero-order chi connectivity index (χ0) is 19.7. The number of methoxy groups -OCH3 is 1. The fraction of sp³-hybridized carbons (Fsp3) is 0.375. The van der Waals surface area contributed by atoms with Crippen LogP contribution >= 0.6 is 0 Å². The molecular weight excluding hydrogens is 346 g/mol. The lowest BCUT2D eigenvalue weighted by atomic mass is 10.0. The molecule has 3 aromatic rings. The molecule has 0 N–H and O–H groups in total. The molecule has 0 saturated carbocycles. The normalized spacial score (nSPS) is 17.5. The van der Waals surface area contributed by atoms with Crippen LogP contribution in [-0.4, -0.2) is 55.1 Å². The lowest BCUT2D eigenvalue weighted by Crippen LogP contribution is -2.33. The summed E-state index contributed by atoms with van der Waals surface area (Å²) in [6, 6.07) is 17.7. The van der Waals surface area contributed by atoms with Crippen molar-refractivity contribution in [2.75, 3.05) is 34.3 Å². The molecule has 0 unspecified atom stereocenters. The molecule has 4 rings (SSSR count). The Hall–Kier alpha value is -2.43. The molecular formula is C24H29N3O. The van der Waals surface area contributed by atoms with E-state index in [0.717, 1.165) is 35.6 Å². The molecule has 0 bridgehead atoms. The van der Waals surface area contributed by atoms with Gasteiger partial charge in [-0.1, -0.05) is 12.1 Å². The number of hydrogen-bond donors (Lipinski definition) is 0. The maximum absolute atomic E-state index is 5.33. The van der Waals surface area contributed by atoms with Crippen molar-refractivity contribution < 1.29 is 4.74 Å². The van der Waals surface area contributed by atoms with E-state index >= 15 is 0 Å². The first kappa shape index (κ1) is 18.9. The Bertz CT molecular complexity index is 967. The Morgan fingerprint density at radius 3 is 2.61 bits per heavy atom. The first-order chi connectivity index (χ1) is 13.5. The molecule has 146 valence electrons. The zero-order valence-electron chi connectivity index (χ0n) is 17.3. The second-order valence-electron chi connectivity index (χ2n) is 8.04. The van der Waals surface area contributed by atoms with Gasteiger partial charge in [0.05, 0.1) is 18.3 Å². The minimum atomic E-state index is 0.599. The van der Waals surface area contributed by atoms with Crippen LogP contribution in [0.3, 0.4) is 0 Å². The fourth-order valence-corrected chi connectivity index (χ4v) is 4.11. The zero-order valence-corrected chi connectivity index (χ0v) is 17.3. The number of aromatic nitrogens is 1. The highest BCUT2D eigenvalue weighted by Crippen LogP contribution is 2.29. The van der Waals surface area contributed by atoms with Crippen LogP contribution in [0.5, 0.6) is 5.75 Å². The standard InChI is InChI=1S/C24H29N3O/c1-17-5-6-19-14-20(15-27(3)21-11-12-26(2)16-21)24(25-23(19)13-17)18-7-9-22(28-4)10-8-18/h5-10,13-14,21H,11-12,15-16H2,1-4H3/t21-/m0/s1. The van der Waals surface area contributed by atoms with Crippen LogP contribution in [0, 0.1) is 6.92 Å². The molecule has 1 fully saturated rings. The van der Waals surface area contributed by atoms with Crippen molar-refractivity contribution in [3.05, 3.63) is 59.7 Å². The smallest absolute Gasteiger partial charge is 0.118 e. The predicted octanol–water partition coefficient (Wildman–Crippen LogP) is 4.35. The Balaban J connectivity index is 1.74. The minimum absolute atomic E-state index is 0.599. The first-order valence-corrected chi connectivity index (χ1v) is 9.97. The van der Waals surface area contributed by atoms with Crippen LogP contribution in [-0.2, 0) is 6.54 Å². The van der Waals surface area contributed by atoms with E-state index in [1.54, 1.807) is 7.11 Å². The number of rotatable bonds is 5. The quantitative estimate of drug-likeness (QED) is 0.663. The predicted molar refractivity (Wildman–Crippen MR) is 116 cm³/mol. The number of fused-ring (bicyclic) bond motifs is 1. The third kappa shape index (κ3) is 3.89. The van der Waals surface area contributed by atoms with Gasteiger partial charge in [0.15, 0.2) is 0 Å². The molecule has 0 aliphatic carbocycles. The van der Waals surface area contributed by atoms with Crippen molar-refractivity contribution in [1.82, 2.24) is 14.8 Å². The summed E-state index contributed by atoms with van der Waals surface area (Å²) in [5, 5.41) is 1.20. The molecule has 1 aliphatic heterocycles. The average molecular weight is 376 g/mol. The van der Waals surface area contributed by atoms with Gasteiger partial charge < -0.3 is 9.64 Å². The van der Waals surface area contributed by atoms with E-state index in [4.69, 9.17) is 9.72 Å². The minimum Gasteiger partial charge on any atom is -0.497 e. The van der Waals surface area contributed by atoms with Gasteiger partial charge in [0.1, 0.15) is 5.75 Å². The van der Waals surface area contributed by atoms with E-state index in [-0.39, 0.29) is 0 Å². The van der Waals surface area contributed by atoms with Crippen molar-refractivity contribution in [2.24, 2.45) is 0 Å². The maximum atomic E-state index is 5.33. The number of likely N-dealkylation sites (N-methyl/N-ethyl adjacent to an activating group) is 2. The van der Waals surface area contributed by atoms with Crippen molar-refractivity contribution in [3.8, 4) is 17.0 Å². The van der Waals surface area contributed by atoms with Gasteiger partial charge in [-0.05, 0) is 81.5 Å². The van der Waals surface area contributed by atoms with Gasteiger partial charge >= 0.3 is 0 Å². The molecule has 1 atom stereocenters. The third-order valence-electron chi connectivity index (χ3n) is 5.83. The third-order valence-corrected chi connectivity index (χ3v) is 5.83. The number of hydrogen-bond acceptors (Lipinski definition) is 4. The SMILES string of the molecule is COc1ccc(-c2nc3cc(C)ccc3cc2CN(C)[C@H]2CCN(C)C2)cc1. The molecule has 0 radical (unpaired) electrons. The topological polar surface area (TPSA) is 28.6 Å². The molecule has 2 aromatic carbocycles. The van der Waals surface area contributed by atoms with E-state index in [9.17, 15) is 0 Å². The van der Waals surface area contributed by atoms with Gasteiger partial charge in [0.2, 0.25) is 0 Å². The second kappa shape index (κ2) is 7.90. The number of ether oxygens (including phenoxy) is 1. The molecule has 28 heavy (non-hydrogen) atoms. The molecule has 1 aliphatic rings.